The molecule has 7 heteroatoms. The maximum Gasteiger partial charge on any atom is 0.271 e. The van der Waals surface area contributed by atoms with Gasteiger partial charge in [-0.2, -0.15) is 0 Å². The molecule has 0 saturated heterocycles. The average molecular weight is 306 g/mol. The average Bonchev–Trinajstić information content (AvgIpc) is 2.80. The zero-order chi connectivity index (χ0) is 14.8. The third-order valence-electron chi connectivity index (χ3n) is 4.41. The first-order chi connectivity index (χ1) is 10.2. The number of nitrogens with zero attached hydrogens (tertiary/aromatic N) is 5. The molecule has 2 aliphatic rings. The monoisotopic (exact) mass is 305 g/mol. The maximum absolute atomic E-state index is 12.4. The van der Waals surface area contributed by atoms with Crippen LogP contribution in [-0.2, 0) is 4.79 Å². The number of halogens is 1. The number of anilines is 1. The Morgan fingerprint density at radius 1 is 1.19 bits per heavy atom. The highest BCUT2D eigenvalue weighted by atomic mass is 35.5. The summed E-state index contributed by atoms with van der Waals surface area (Å²) < 4.78 is 0. The van der Waals surface area contributed by atoms with Crippen molar-refractivity contribution in [2.24, 2.45) is 11.8 Å². The van der Waals surface area contributed by atoms with Gasteiger partial charge in [0.25, 0.3) is 11.2 Å². The largest absolute Gasteiger partial charge is 0.274 e. The molecule has 2 aliphatic carbocycles. The zero-order valence-corrected chi connectivity index (χ0v) is 12.3. The van der Waals surface area contributed by atoms with E-state index in [1.165, 1.54) is 19.3 Å². The van der Waals surface area contributed by atoms with Crippen molar-refractivity contribution >= 4 is 23.5 Å². The van der Waals surface area contributed by atoms with E-state index in [1.54, 1.807) is 4.90 Å². The first-order valence-electron chi connectivity index (χ1n) is 7.15. The number of terminal acetylenes is 1. The summed E-state index contributed by atoms with van der Waals surface area (Å²) in [5.74, 6) is 3.79. The number of rotatable bonds is 3. The Hall–Kier alpha value is -1.74. The summed E-state index contributed by atoms with van der Waals surface area (Å²) in [5, 5.41) is 15.2. The number of carbonyl (C=O) groups excluding carboxylic acids is 1. The number of aromatic nitrogens is 4. The molecule has 110 valence electrons. The minimum Gasteiger partial charge on any atom is -0.274 e. The van der Waals surface area contributed by atoms with Gasteiger partial charge in [0, 0.05) is 6.04 Å². The van der Waals surface area contributed by atoms with Crippen molar-refractivity contribution in [2.75, 3.05) is 4.90 Å². The molecule has 1 heterocycles. The van der Waals surface area contributed by atoms with Gasteiger partial charge in [-0.1, -0.05) is 18.8 Å². The number of amides is 1. The quantitative estimate of drug-likeness (QED) is 0.797. The SMILES string of the molecule is C#CCC(=O)N(c1nnc(Cl)nn1)C1CC2CC[C@@H](C2)C1. The summed E-state index contributed by atoms with van der Waals surface area (Å²) in [5.41, 5.74) is 0. The zero-order valence-electron chi connectivity index (χ0n) is 11.6. The van der Waals surface area contributed by atoms with Crippen LogP contribution in [0.15, 0.2) is 0 Å². The Bertz CT molecular complexity index is 558. The molecule has 2 fully saturated rings. The molecule has 21 heavy (non-hydrogen) atoms. The summed E-state index contributed by atoms with van der Waals surface area (Å²) in [7, 11) is 0. The topological polar surface area (TPSA) is 71.9 Å². The summed E-state index contributed by atoms with van der Waals surface area (Å²) in [6, 6.07) is 0.0851. The molecule has 1 amide bonds. The van der Waals surface area contributed by atoms with E-state index in [0.717, 1.165) is 12.8 Å². The molecule has 2 bridgehead atoms. The minimum absolute atomic E-state index is 0.0256. The van der Waals surface area contributed by atoms with E-state index in [0.29, 0.717) is 11.8 Å². The number of fused-ring (bicyclic) bond motifs is 2. The molecule has 3 atom stereocenters. The molecule has 0 N–H and O–H groups in total. The van der Waals surface area contributed by atoms with Crippen LogP contribution in [0.3, 0.4) is 0 Å². The van der Waals surface area contributed by atoms with Gasteiger partial charge in [-0.3, -0.25) is 9.69 Å². The lowest BCUT2D eigenvalue weighted by molar-refractivity contribution is -0.118. The van der Waals surface area contributed by atoms with E-state index in [9.17, 15) is 4.79 Å². The lowest BCUT2D eigenvalue weighted by Gasteiger charge is -2.35. The van der Waals surface area contributed by atoms with E-state index in [-0.39, 0.29) is 29.6 Å². The maximum atomic E-state index is 12.4. The predicted octanol–water partition coefficient (Wildman–Crippen LogP) is 1.85. The fraction of sp³-hybridized carbons (Fsp3) is 0.643. The third kappa shape index (κ3) is 2.98. The highest BCUT2D eigenvalue weighted by Gasteiger charge is 2.39. The van der Waals surface area contributed by atoms with Crippen molar-refractivity contribution in [2.45, 2.75) is 44.6 Å². The van der Waals surface area contributed by atoms with Gasteiger partial charge in [0.15, 0.2) is 0 Å². The minimum atomic E-state index is -0.172. The summed E-state index contributed by atoms with van der Waals surface area (Å²) in [4.78, 5) is 14.0. The second kappa shape index (κ2) is 5.94. The summed E-state index contributed by atoms with van der Waals surface area (Å²) >= 11 is 5.62. The van der Waals surface area contributed by atoms with E-state index in [2.05, 4.69) is 26.3 Å². The van der Waals surface area contributed by atoms with Crippen LogP contribution in [0.1, 0.15) is 38.5 Å². The van der Waals surface area contributed by atoms with Crippen LogP contribution in [0.2, 0.25) is 5.28 Å². The van der Waals surface area contributed by atoms with Gasteiger partial charge in [0.2, 0.25) is 5.91 Å². The summed E-state index contributed by atoms with van der Waals surface area (Å²) in [6.07, 6.45) is 11.0. The van der Waals surface area contributed by atoms with Crippen molar-refractivity contribution < 1.29 is 4.79 Å². The highest BCUT2D eigenvalue weighted by Crippen LogP contribution is 2.44. The van der Waals surface area contributed by atoms with Gasteiger partial charge in [0.05, 0.1) is 6.42 Å². The molecule has 3 rings (SSSR count). The van der Waals surface area contributed by atoms with Crippen molar-refractivity contribution in [1.82, 2.24) is 20.4 Å². The Balaban J connectivity index is 1.87. The van der Waals surface area contributed by atoms with Crippen LogP contribution < -0.4 is 4.90 Å². The summed E-state index contributed by atoms with van der Waals surface area (Å²) in [6.45, 7) is 0. The molecule has 1 aromatic heterocycles. The second-order valence-electron chi connectivity index (χ2n) is 5.78. The Morgan fingerprint density at radius 3 is 2.38 bits per heavy atom. The lowest BCUT2D eigenvalue weighted by atomic mass is 9.84. The standard InChI is InChI=1S/C14H16ClN5O/c1-2-3-12(21)20(14-18-16-13(15)17-19-14)11-7-9-4-5-10(6-9)8-11/h1,9-11H,3-8H2/t9-,10?,11?/m0/s1. The van der Waals surface area contributed by atoms with E-state index in [4.69, 9.17) is 18.0 Å². The van der Waals surface area contributed by atoms with Crippen LogP contribution in [0.5, 0.6) is 0 Å². The first kappa shape index (κ1) is 14.2. The number of carbonyl (C=O) groups is 1. The van der Waals surface area contributed by atoms with E-state index in [1.807, 2.05) is 0 Å². The van der Waals surface area contributed by atoms with Gasteiger partial charge in [0.1, 0.15) is 0 Å². The fourth-order valence-electron chi connectivity index (χ4n) is 3.64. The van der Waals surface area contributed by atoms with Crippen LogP contribution in [0.25, 0.3) is 0 Å². The molecule has 2 saturated carbocycles. The van der Waals surface area contributed by atoms with Crippen molar-refractivity contribution in [3.63, 3.8) is 0 Å². The normalized spacial score (nSPS) is 27.1. The smallest absolute Gasteiger partial charge is 0.271 e. The third-order valence-corrected chi connectivity index (χ3v) is 4.56. The number of hydrogen-bond acceptors (Lipinski definition) is 5. The van der Waals surface area contributed by atoms with Gasteiger partial charge in [-0.05, 0) is 42.7 Å². The van der Waals surface area contributed by atoms with Crippen LogP contribution in [0, 0.1) is 24.2 Å². The van der Waals surface area contributed by atoms with E-state index < -0.39 is 0 Å². The molecule has 1 aromatic rings. The van der Waals surface area contributed by atoms with Crippen molar-refractivity contribution in [3.05, 3.63) is 5.28 Å². The predicted molar refractivity (Wildman–Crippen MR) is 77.4 cm³/mol. The highest BCUT2D eigenvalue weighted by molar-refractivity contribution is 6.28. The molecule has 2 unspecified atom stereocenters. The Labute approximate surface area is 128 Å². The molecule has 0 spiro atoms. The molecular weight excluding hydrogens is 290 g/mol. The fourth-order valence-corrected chi connectivity index (χ4v) is 3.72. The van der Waals surface area contributed by atoms with Crippen LogP contribution in [0.4, 0.5) is 5.95 Å². The van der Waals surface area contributed by atoms with Crippen molar-refractivity contribution in [1.29, 1.82) is 0 Å². The Morgan fingerprint density at radius 2 is 1.81 bits per heavy atom. The molecular formula is C14H16ClN5O. The molecule has 0 aromatic carbocycles. The van der Waals surface area contributed by atoms with Gasteiger partial charge >= 0.3 is 0 Å². The number of hydrogen-bond donors (Lipinski definition) is 0. The second-order valence-corrected chi connectivity index (χ2v) is 6.12. The van der Waals surface area contributed by atoms with Gasteiger partial charge < -0.3 is 0 Å². The molecule has 0 aliphatic heterocycles. The van der Waals surface area contributed by atoms with Crippen molar-refractivity contribution in [3.8, 4) is 12.3 Å². The Kier molecular flexibility index (Phi) is 4.02. The first-order valence-corrected chi connectivity index (χ1v) is 7.53. The van der Waals surface area contributed by atoms with Crippen LogP contribution >= 0.6 is 11.6 Å². The van der Waals surface area contributed by atoms with E-state index >= 15 is 0 Å². The van der Waals surface area contributed by atoms with Crippen LogP contribution in [-0.4, -0.2) is 32.3 Å². The molecule has 6 nitrogen and oxygen atoms in total. The lowest BCUT2D eigenvalue weighted by Crippen LogP contribution is -2.44. The molecule has 0 radical (unpaired) electrons. The van der Waals surface area contributed by atoms with Gasteiger partial charge in [-0.25, -0.2) is 0 Å². The van der Waals surface area contributed by atoms with Gasteiger partial charge in [-0.15, -0.1) is 26.8 Å².